The summed E-state index contributed by atoms with van der Waals surface area (Å²) in [5.41, 5.74) is 3.18. The molecule has 2 aliphatic rings. The molecule has 0 spiro atoms. The molecular formula is C27H29N5O4. The maximum absolute atomic E-state index is 9.68. The van der Waals surface area contributed by atoms with Crippen LogP contribution in [-0.4, -0.2) is 66.8 Å². The first-order chi connectivity index (χ1) is 17.7. The summed E-state index contributed by atoms with van der Waals surface area (Å²) in [6.07, 6.45) is 3.24. The van der Waals surface area contributed by atoms with Gasteiger partial charge in [0.05, 0.1) is 38.1 Å². The van der Waals surface area contributed by atoms with Gasteiger partial charge in [0.25, 0.3) is 0 Å². The number of hydrogen-bond acceptors (Lipinski definition) is 9. The SMILES string of the molecule is N#Cc1cc(-c2nccc(Nc3ccc(N4CCO[C@@H](CO)C4)cc3)n2)ccc1OC1CCOCC1. The minimum absolute atomic E-state index is 0.0216. The predicted molar refractivity (Wildman–Crippen MR) is 135 cm³/mol. The summed E-state index contributed by atoms with van der Waals surface area (Å²) in [5.74, 6) is 1.75. The lowest BCUT2D eigenvalue weighted by Crippen LogP contribution is -2.44. The van der Waals surface area contributed by atoms with E-state index in [2.05, 4.69) is 26.3 Å². The smallest absolute Gasteiger partial charge is 0.161 e. The summed E-state index contributed by atoms with van der Waals surface area (Å²) in [7, 11) is 0. The molecule has 2 aliphatic heterocycles. The fourth-order valence-corrected chi connectivity index (χ4v) is 4.37. The van der Waals surface area contributed by atoms with E-state index >= 15 is 0 Å². The van der Waals surface area contributed by atoms with Crippen LogP contribution < -0.4 is 15.0 Å². The number of aromatic nitrogens is 2. The van der Waals surface area contributed by atoms with Crippen LogP contribution in [-0.2, 0) is 9.47 Å². The first kappa shape index (κ1) is 24.0. The quantitative estimate of drug-likeness (QED) is 0.517. The van der Waals surface area contributed by atoms with Crippen molar-refractivity contribution in [3.05, 3.63) is 60.3 Å². The molecule has 3 heterocycles. The van der Waals surface area contributed by atoms with Crippen molar-refractivity contribution in [3.8, 4) is 23.2 Å². The van der Waals surface area contributed by atoms with Crippen molar-refractivity contribution < 1.29 is 19.3 Å². The molecule has 3 aromatic rings. The van der Waals surface area contributed by atoms with Gasteiger partial charge in [-0.25, -0.2) is 9.97 Å². The van der Waals surface area contributed by atoms with Gasteiger partial charge in [-0.15, -0.1) is 0 Å². The number of hydrogen-bond donors (Lipinski definition) is 2. The number of morpholine rings is 1. The van der Waals surface area contributed by atoms with Gasteiger partial charge in [-0.3, -0.25) is 0 Å². The Morgan fingerprint density at radius 3 is 2.72 bits per heavy atom. The Hall–Kier alpha value is -3.71. The molecule has 9 heteroatoms. The van der Waals surface area contributed by atoms with E-state index < -0.39 is 0 Å². The summed E-state index contributed by atoms with van der Waals surface area (Å²) < 4.78 is 17.0. The molecule has 0 amide bonds. The van der Waals surface area contributed by atoms with E-state index in [0.717, 1.165) is 36.3 Å². The maximum atomic E-state index is 9.68. The molecule has 0 radical (unpaired) electrons. The third kappa shape index (κ3) is 5.74. The van der Waals surface area contributed by atoms with E-state index in [1.807, 2.05) is 36.4 Å². The highest BCUT2D eigenvalue weighted by atomic mass is 16.5. The minimum Gasteiger partial charge on any atom is -0.489 e. The highest BCUT2D eigenvalue weighted by Gasteiger charge is 2.20. The highest BCUT2D eigenvalue weighted by molar-refractivity contribution is 5.65. The van der Waals surface area contributed by atoms with Gasteiger partial charge in [-0.2, -0.15) is 5.26 Å². The number of benzene rings is 2. The molecule has 0 unspecified atom stereocenters. The van der Waals surface area contributed by atoms with Gasteiger partial charge in [0, 0.05) is 49.1 Å². The molecule has 36 heavy (non-hydrogen) atoms. The van der Waals surface area contributed by atoms with Gasteiger partial charge < -0.3 is 29.5 Å². The van der Waals surface area contributed by atoms with Crippen molar-refractivity contribution in [2.75, 3.05) is 49.7 Å². The average Bonchev–Trinajstić information content (AvgIpc) is 2.94. The molecule has 0 aliphatic carbocycles. The topological polar surface area (TPSA) is 113 Å². The summed E-state index contributed by atoms with van der Waals surface area (Å²) in [5, 5.41) is 22.4. The standard InChI is InChI=1S/C27H29N5O4/c28-16-20-15-19(1-6-25(20)36-23-8-12-34-13-9-23)27-29-10-7-26(31-27)30-21-2-4-22(5-3-21)32-11-14-35-24(17-32)18-33/h1-7,10,15,23-24,33H,8-9,11-14,17-18H2,(H,29,30,31)/t24-/m1/s1. The first-order valence-corrected chi connectivity index (χ1v) is 12.2. The van der Waals surface area contributed by atoms with Crippen molar-refractivity contribution >= 4 is 17.2 Å². The molecule has 0 bridgehead atoms. The zero-order valence-electron chi connectivity index (χ0n) is 20.0. The van der Waals surface area contributed by atoms with Crippen molar-refractivity contribution in [2.24, 2.45) is 0 Å². The lowest BCUT2D eigenvalue weighted by Gasteiger charge is -2.33. The molecule has 2 fully saturated rings. The van der Waals surface area contributed by atoms with Crippen LogP contribution in [0.3, 0.4) is 0 Å². The zero-order valence-corrected chi connectivity index (χ0v) is 20.0. The van der Waals surface area contributed by atoms with Gasteiger partial charge in [0.15, 0.2) is 5.82 Å². The molecule has 2 N–H and O–H groups in total. The molecule has 5 rings (SSSR count). The van der Waals surface area contributed by atoms with Gasteiger partial charge in [0.1, 0.15) is 23.7 Å². The van der Waals surface area contributed by atoms with E-state index in [9.17, 15) is 10.4 Å². The van der Waals surface area contributed by atoms with Gasteiger partial charge in [0.2, 0.25) is 0 Å². The van der Waals surface area contributed by atoms with Crippen LogP contribution in [0.5, 0.6) is 5.75 Å². The Kier molecular flexibility index (Phi) is 7.57. The third-order valence-electron chi connectivity index (χ3n) is 6.32. The van der Waals surface area contributed by atoms with Gasteiger partial charge in [-0.05, 0) is 48.5 Å². The number of rotatable bonds is 7. The molecule has 0 saturated carbocycles. The van der Waals surface area contributed by atoms with Crippen molar-refractivity contribution in [3.63, 3.8) is 0 Å². The van der Waals surface area contributed by atoms with Crippen molar-refractivity contribution in [2.45, 2.75) is 25.0 Å². The number of nitriles is 1. The second kappa shape index (κ2) is 11.4. The zero-order chi connectivity index (χ0) is 24.7. The Morgan fingerprint density at radius 2 is 1.94 bits per heavy atom. The van der Waals surface area contributed by atoms with Crippen LogP contribution in [0.25, 0.3) is 11.4 Å². The molecule has 2 saturated heterocycles. The summed E-state index contributed by atoms with van der Waals surface area (Å²) in [6.45, 7) is 3.44. The van der Waals surface area contributed by atoms with E-state index in [4.69, 9.17) is 14.2 Å². The minimum atomic E-state index is -0.153. The second-order valence-corrected chi connectivity index (χ2v) is 8.81. The Bertz CT molecular complexity index is 1210. The monoisotopic (exact) mass is 487 g/mol. The number of anilines is 3. The highest BCUT2D eigenvalue weighted by Crippen LogP contribution is 2.28. The number of ether oxygens (including phenoxy) is 3. The molecular weight excluding hydrogens is 458 g/mol. The van der Waals surface area contributed by atoms with Crippen molar-refractivity contribution in [1.29, 1.82) is 5.26 Å². The molecule has 9 nitrogen and oxygen atoms in total. The number of nitrogens with one attached hydrogen (secondary N) is 1. The van der Waals surface area contributed by atoms with Crippen LogP contribution in [0.1, 0.15) is 18.4 Å². The first-order valence-electron chi connectivity index (χ1n) is 12.2. The molecule has 1 aromatic heterocycles. The Balaban J connectivity index is 1.27. The van der Waals surface area contributed by atoms with Crippen LogP contribution in [0.4, 0.5) is 17.2 Å². The summed E-state index contributed by atoms with van der Waals surface area (Å²) in [4.78, 5) is 11.3. The Morgan fingerprint density at radius 1 is 1.11 bits per heavy atom. The molecule has 186 valence electrons. The van der Waals surface area contributed by atoms with Crippen LogP contribution in [0, 0.1) is 11.3 Å². The fraction of sp³-hybridized carbons (Fsp3) is 0.370. The van der Waals surface area contributed by atoms with Crippen LogP contribution >= 0.6 is 0 Å². The molecule has 1 atom stereocenters. The second-order valence-electron chi connectivity index (χ2n) is 8.81. The lowest BCUT2D eigenvalue weighted by molar-refractivity contribution is 0.00357. The van der Waals surface area contributed by atoms with Crippen LogP contribution in [0.2, 0.25) is 0 Å². The average molecular weight is 488 g/mol. The normalized spacial score (nSPS) is 18.4. The van der Waals surface area contributed by atoms with Crippen LogP contribution in [0.15, 0.2) is 54.7 Å². The number of aliphatic hydroxyl groups excluding tert-OH is 1. The molecule has 2 aromatic carbocycles. The third-order valence-corrected chi connectivity index (χ3v) is 6.32. The summed E-state index contributed by atoms with van der Waals surface area (Å²) in [6, 6.07) is 17.6. The van der Waals surface area contributed by atoms with Crippen molar-refractivity contribution in [1.82, 2.24) is 9.97 Å². The maximum Gasteiger partial charge on any atom is 0.161 e. The van der Waals surface area contributed by atoms with E-state index in [-0.39, 0.29) is 18.8 Å². The van der Waals surface area contributed by atoms with Gasteiger partial charge in [-0.1, -0.05) is 0 Å². The number of nitrogens with zero attached hydrogens (tertiary/aromatic N) is 4. The van der Waals surface area contributed by atoms with E-state index in [0.29, 0.717) is 49.3 Å². The largest absolute Gasteiger partial charge is 0.489 e. The fourth-order valence-electron chi connectivity index (χ4n) is 4.37. The van der Waals surface area contributed by atoms with E-state index in [1.54, 1.807) is 18.3 Å². The summed E-state index contributed by atoms with van der Waals surface area (Å²) >= 11 is 0. The van der Waals surface area contributed by atoms with Gasteiger partial charge >= 0.3 is 0 Å². The predicted octanol–water partition coefficient (Wildman–Crippen LogP) is 3.51. The lowest BCUT2D eigenvalue weighted by atomic mass is 10.1. The Labute approximate surface area is 210 Å². The number of aliphatic hydroxyl groups is 1. The van der Waals surface area contributed by atoms with E-state index in [1.165, 1.54) is 0 Å².